The summed E-state index contributed by atoms with van der Waals surface area (Å²) in [6.45, 7) is 0. The summed E-state index contributed by atoms with van der Waals surface area (Å²) < 4.78 is 0. The van der Waals surface area contributed by atoms with Crippen LogP contribution >= 0.6 is 11.3 Å². The maximum absolute atomic E-state index is 10.7. The van der Waals surface area contributed by atoms with Crippen LogP contribution in [0.15, 0.2) is 60.7 Å². The van der Waals surface area contributed by atoms with E-state index in [1.54, 1.807) is 11.3 Å². The fourth-order valence-electron chi connectivity index (χ4n) is 2.57. The normalized spacial score (nSPS) is 10.6. The average Bonchev–Trinajstić information content (AvgIpc) is 3.09. The minimum Gasteiger partial charge on any atom is -0.481 e. The molecule has 2 aromatic carbocycles. The Kier molecular flexibility index (Phi) is 4.95. The second-order valence-corrected chi connectivity index (χ2v) is 6.90. The summed E-state index contributed by atoms with van der Waals surface area (Å²) in [6.07, 6.45) is 0.732. The number of aryl methyl sites for hydroxylation is 1. The maximum atomic E-state index is 10.7. The number of carboxylic acids is 1. The third-order valence-electron chi connectivity index (χ3n) is 3.95. The van der Waals surface area contributed by atoms with Gasteiger partial charge in [0.1, 0.15) is 5.84 Å². The minimum absolute atomic E-state index is 0.0679. The molecule has 0 fully saturated rings. The molecule has 4 nitrogen and oxygen atoms in total. The van der Waals surface area contributed by atoms with Crippen LogP contribution in [0.1, 0.15) is 16.9 Å². The van der Waals surface area contributed by atoms with E-state index >= 15 is 0 Å². The molecule has 0 aliphatic heterocycles. The van der Waals surface area contributed by atoms with E-state index in [1.165, 1.54) is 0 Å². The van der Waals surface area contributed by atoms with Crippen LogP contribution in [0.4, 0.5) is 0 Å². The number of hydrogen-bond acceptors (Lipinski definition) is 3. The highest BCUT2D eigenvalue weighted by molar-refractivity contribution is 7.15. The quantitative estimate of drug-likeness (QED) is 0.455. The number of carbonyl (C=O) groups is 1. The SMILES string of the molecule is N=C(N)c1ccc(-c2ccc(-c3ccc(CCC(=O)O)s3)cc2)cc1. The first-order valence-electron chi connectivity index (χ1n) is 7.89. The number of nitrogens with one attached hydrogen (secondary N) is 1. The molecule has 0 saturated heterocycles. The topological polar surface area (TPSA) is 87.2 Å². The number of benzene rings is 2. The van der Waals surface area contributed by atoms with Gasteiger partial charge in [-0.05, 0) is 35.2 Å². The van der Waals surface area contributed by atoms with E-state index in [0.717, 1.165) is 26.4 Å². The second-order valence-electron chi connectivity index (χ2n) is 5.73. The van der Waals surface area contributed by atoms with Crippen LogP contribution in [-0.4, -0.2) is 16.9 Å². The highest BCUT2D eigenvalue weighted by atomic mass is 32.1. The monoisotopic (exact) mass is 350 g/mol. The molecule has 5 heteroatoms. The van der Waals surface area contributed by atoms with Crippen molar-refractivity contribution in [3.8, 4) is 21.6 Å². The largest absolute Gasteiger partial charge is 0.481 e. The predicted octanol–water partition coefficient (Wildman–Crippen LogP) is 4.38. The zero-order valence-corrected chi connectivity index (χ0v) is 14.3. The Balaban J connectivity index is 1.76. The fraction of sp³-hybridized carbons (Fsp3) is 0.100. The van der Waals surface area contributed by atoms with E-state index in [9.17, 15) is 4.79 Å². The molecule has 3 aromatic rings. The molecule has 0 bridgehead atoms. The number of aliphatic carboxylic acids is 1. The van der Waals surface area contributed by atoms with Gasteiger partial charge < -0.3 is 10.8 Å². The second kappa shape index (κ2) is 7.32. The van der Waals surface area contributed by atoms with Gasteiger partial charge in [-0.25, -0.2) is 0 Å². The molecule has 0 saturated carbocycles. The van der Waals surface area contributed by atoms with Crippen molar-refractivity contribution in [2.75, 3.05) is 0 Å². The van der Waals surface area contributed by atoms with Crippen molar-refractivity contribution in [2.45, 2.75) is 12.8 Å². The molecule has 0 radical (unpaired) electrons. The number of nitrogen functional groups attached to an aromatic ring is 1. The molecule has 0 atom stereocenters. The van der Waals surface area contributed by atoms with Crippen molar-refractivity contribution >= 4 is 23.1 Å². The van der Waals surface area contributed by atoms with Crippen LogP contribution in [0.3, 0.4) is 0 Å². The van der Waals surface area contributed by atoms with Gasteiger partial charge in [-0.1, -0.05) is 48.5 Å². The lowest BCUT2D eigenvalue weighted by Crippen LogP contribution is -2.10. The smallest absolute Gasteiger partial charge is 0.303 e. The Bertz CT molecular complexity index is 896. The van der Waals surface area contributed by atoms with Gasteiger partial charge in [0.25, 0.3) is 0 Å². The van der Waals surface area contributed by atoms with E-state index in [1.807, 2.05) is 36.4 Å². The van der Waals surface area contributed by atoms with E-state index < -0.39 is 5.97 Å². The third kappa shape index (κ3) is 4.14. The number of rotatable bonds is 6. The lowest BCUT2D eigenvalue weighted by molar-refractivity contribution is -0.136. The molecule has 1 heterocycles. The predicted molar refractivity (Wildman–Crippen MR) is 102 cm³/mol. The van der Waals surface area contributed by atoms with Crippen LogP contribution in [0, 0.1) is 5.41 Å². The van der Waals surface area contributed by atoms with Gasteiger partial charge in [-0.3, -0.25) is 10.2 Å². The Morgan fingerprint density at radius 2 is 1.48 bits per heavy atom. The summed E-state index contributed by atoms with van der Waals surface area (Å²) in [4.78, 5) is 12.9. The van der Waals surface area contributed by atoms with Crippen molar-refractivity contribution in [3.63, 3.8) is 0 Å². The van der Waals surface area contributed by atoms with Gasteiger partial charge >= 0.3 is 5.97 Å². The van der Waals surface area contributed by atoms with Gasteiger partial charge in [0.15, 0.2) is 0 Å². The van der Waals surface area contributed by atoms with E-state index in [0.29, 0.717) is 12.0 Å². The van der Waals surface area contributed by atoms with Crippen LogP contribution in [0.25, 0.3) is 21.6 Å². The number of thiophene rings is 1. The molecule has 25 heavy (non-hydrogen) atoms. The molecule has 0 amide bonds. The van der Waals surface area contributed by atoms with E-state index in [2.05, 4.69) is 24.3 Å². The Labute approximate surface area is 150 Å². The van der Waals surface area contributed by atoms with Crippen LogP contribution in [0.5, 0.6) is 0 Å². The van der Waals surface area contributed by atoms with Gasteiger partial charge in [0.2, 0.25) is 0 Å². The van der Waals surface area contributed by atoms with Crippen LogP contribution in [-0.2, 0) is 11.2 Å². The van der Waals surface area contributed by atoms with Gasteiger partial charge in [0, 0.05) is 15.3 Å². The first-order chi connectivity index (χ1) is 12.0. The first-order valence-corrected chi connectivity index (χ1v) is 8.70. The molecule has 1 aromatic heterocycles. The maximum Gasteiger partial charge on any atom is 0.303 e. The molecule has 3 rings (SSSR count). The first kappa shape index (κ1) is 16.9. The molecule has 126 valence electrons. The molecule has 0 unspecified atom stereocenters. The third-order valence-corrected chi connectivity index (χ3v) is 5.14. The van der Waals surface area contributed by atoms with Gasteiger partial charge in [0.05, 0.1) is 6.42 Å². The molecule has 4 N–H and O–H groups in total. The lowest BCUT2D eigenvalue weighted by Gasteiger charge is -2.05. The Morgan fingerprint density at radius 1 is 0.920 bits per heavy atom. The zero-order valence-electron chi connectivity index (χ0n) is 13.5. The Morgan fingerprint density at radius 3 is 2.04 bits per heavy atom. The molecule has 0 aliphatic carbocycles. The van der Waals surface area contributed by atoms with Crippen LogP contribution in [0.2, 0.25) is 0 Å². The zero-order chi connectivity index (χ0) is 17.8. The van der Waals surface area contributed by atoms with Gasteiger partial charge in [-0.15, -0.1) is 11.3 Å². The van der Waals surface area contributed by atoms with Crippen molar-refractivity contribution in [3.05, 3.63) is 71.1 Å². The fourth-order valence-corrected chi connectivity index (χ4v) is 3.58. The van der Waals surface area contributed by atoms with Crippen molar-refractivity contribution < 1.29 is 9.90 Å². The Hall–Kier alpha value is -2.92. The number of hydrogen-bond donors (Lipinski definition) is 3. The molecular formula is C20H18N2O2S. The minimum atomic E-state index is -0.768. The summed E-state index contributed by atoms with van der Waals surface area (Å²) in [5, 5.41) is 16.2. The van der Waals surface area contributed by atoms with Crippen molar-refractivity contribution in [1.82, 2.24) is 0 Å². The highest BCUT2D eigenvalue weighted by Gasteiger charge is 2.06. The summed E-state index contributed by atoms with van der Waals surface area (Å²) in [6, 6.07) is 19.9. The summed E-state index contributed by atoms with van der Waals surface area (Å²) >= 11 is 1.63. The molecule has 0 spiro atoms. The average molecular weight is 350 g/mol. The number of amidine groups is 1. The van der Waals surface area contributed by atoms with Crippen molar-refractivity contribution in [2.24, 2.45) is 5.73 Å². The van der Waals surface area contributed by atoms with E-state index in [-0.39, 0.29) is 12.3 Å². The molecule has 0 aliphatic rings. The lowest BCUT2D eigenvalue weighted by atomic mass is 10.0. The van der Waals surface area contributed by atoms with Gasteiger partial charge in [-0.2, -0.15) is 0 Å². The molecular weight excluding hydrogens is 332 g/mol. The highest BCUT2D eigenvalue weighted by Crippen LogP contribution is 2.30. The van der Waals surface area contributed by atoms with E-state index in [4.69, 9.17) is 16.2 Å². The summed E-state index contributed by atoms with van der Waals surface area (Å²) in [7, 11) is 0. The number of carboxylic acid groups (broad SMARTS) is 1. The van der Waals surface area contributed by atoms with Crippen LogP contribution < -0.4 is 5.73 Å². The number of nitrogens with two attached hydrogens (primary N) is 1. The van der Waals surface area contributed by atoms with Crippen molar-refractivity contribution in [1.29, 1.82) is 5.41 Å². The summed E-state index contributed by atoms with van der Waals surface area (Å²) in [5.74, 6) is -0.701. The standard InChI is InChI=1S/C20H18N2O2S/c21-20(22)16-7-3-14(4-8-16)13-1-5-15(6-2-13)18-11-9-17(25-18)10-12-19(23)24/h1-9,11H,10,12H2,(H3,21,22)(H,23,24). The summed E-state index contributed by atoms with van der Waals surface area (Å²) in [5.41, 5.74) is 9.49.